The normalized spacial score (nSPS) is 12.2. The highest BCUT2D eigenvalue weighted by molar-refractivity contribution is 5.81. The molecule has 1 rings (SSSR count). The number of carbonyl (C=O) groups is 1. The molecule has 3 heteroatoms. The molecule has 1 aromatic rings. The summed E-state index contributed by atoms with van der Waals surface area (Å²) in [5.41, 5.74) is 0. The summed E-state index contributed by atoms with van der Waals surface area (Å²) in [7, 11) is 0. The second-order valence-electron chi connectivity index (χ2n) is 4.35. The van der Waals surface area contributed by atoms with Crippen LogP contribution in [0, 0.1) is 0 Å². The number of hydrogen-bond donors (Lipinski definition) is 1. The van der Waals surface area contributed by atoms with E-state index in [4.69, 9.17) is 4.74 Å². The van der Waals surface area contributed by atoms with E-state index < -0.39 is 6.10 Å². The molecule has 1 amide bonds. The van der Waals surface area contributed by atoms with Crippen molar-refractivity contribution in [1.29, 1.82) is 0 Å². The summed E-state index contributed by atoms with van der Waals surface area (Å²) in [4.78, 5) is 12.1. The molecule has 100 valence electrons. The quantitative estimate of drug-likeness (QED) is 0.806. The van der Waals surface area contributed by atoms with Crippen LogP contribution in [-0.2, 0) is 4.79 Å². The second-order valence-corrected chi connectivity index (χ2v) is 4.35. The van der Waals surface area contributed by atoms with Crippen LogP contribution >= 0.6 is 0 Å². The molecule has 1 N–H and O–H groups in total. The summed E-state index contributed by atoms with van der Waals surface area (Å²) in [5, 5.41) is 3.02. The third kappa shape index (κ3) is 4.40. The molecule has 0 aliphatic rings. The Hall–Kier alpha value is -1.51. The van der Waals surface area contributed by atoms with Gasteiger partial charge in [0.1, 0.15) is 5.75 Å². The Kier molecular flexibility index (Phi) is 6.26. The maximum atomic E-state index is 12.1. The lowest BCUT2D eigenvalue weighted by Gasteiger charge is -2.21. The number of nitrogens with one attached hydrogen (secondary N) is 1. The van der Waals surface area contributed by atoms with Crippen molar-refractivity contribution in [3.63, 3.8) is 0 Å². The summed E-state index contributed by atoms with van der Waals surface area (Å²) in [6, 6.07) is 9.71. The van der Waals surface area contributed by atoms with Crippen LogP contribution in [-0.4, -0.2) is 18.1 Å². The summed E-state index contributed by atoms with van der Waals surface area (Å²) in [6.45, 7) is 6.11. The molecule has 0 heterocycles. The minimum atomic E-state index is -0.409. The van der Waals surface area contributed by atoms with Crippen LogP contribution in [0.4, 0.5) is 0 Å². The van der Waals surface area contributed by atoms with Gasteiger partial charge in [-0.1, -0.05) is 39.0 Å². The summed E-state index contributed by atoms with van der Waals surface area (Å²) < 4.78 is 5.70. The van der Waals surface area contributed by atoms with Crippen LogP contribution in [0.25, 0.3) is 0 Å². The van der Waals surface area contributed by atoms with Crippen molar-refractivity contribution < 1.29 is 9.53 Å². The standard InChI is InChI=1S/C15H23NO2/c1-4-12(5-2)16-15(17)14(6-3)18-13-10-8-7-9-11-13/h7-12,14H,4-6H2,1-3H3,(H,16,17)/t14-/m0/s1. The number of carbonyl (C=O) groups excluding carboxylic acids is 1. The number of rotatable bonds is 7. The smallest absolute Gasteiger partial charge is 0.261 e. The molecule has 0 bridgehead atoms. The van der Waals surface area contributed by atoms with Gasteiger partial charge in [0.15, 0.2) is 6.10 Å². The Morgan fingerprint density at radius 2 is 1.72 bits per heavy atom. The maximum Gasteiger partial charge on any atom is 0.261 e. The highest BCUT2D eigenvalue weighted by Gasteiger charge is 2.20. The lowest BCUT2D eigenvalue weighted by molar-refractivity contribution is -0.128. The number of ether oxygens (including phenoxy) is 1. The van der Waals surface area contributed by atoms with Gasteiger partial charge in [0, 0.05) is 6.04 Å². The van der Waals surface area contributed by atoms with Gasteiger partial charge in [-0.05, 0) is 31.4 Å². The Balaban J connectivity index is 2.58. The number of amides is 1. The summed E-state index contributed by atoms with van der Waals surface area (Å²) in [6.07, 6.45) is 2.16. The molecular weight excluding hydrogens is 226 g/mol. The van der Waals surface area contributed by atoms with Gasteiger partial charge in [-0.25, -0.2) is 0 Å². The van der Waals surface area contributed by atoms with Crippen LogP contribution in [0.1, 0.15) is 40.0 Å². The van der Waals surface area contributed by atoms with Crippen molar-refractivity contribution >= 4 is 5.91 Å². The molecule has 3 nitrogen and oxygen atoms in total. The van der Waals surface area contributed by atoms with E-state index in [-0.39, 0.29) is 11.9 Å². The van der Waals surface area contributed by atoms with Gasteiger partial charge in [-0.2, -0.15) is 0 Å². The van der Waals surface area contributed by atoms with Crippen LogP contribution in [0.5, 0.6) is 5.75 Å². The van der Waals surface area contributed by atoms with Gasteiger partial charge in [0.25, 0.3) is 5.91 Å². The van der Waals surface area contributed by atoms with Crippen molar-refractivity contribution in [2.75, 3.05) is 0 Å². The topological polar surface area (TPSA) is 38.3 Å². The van der Waals surface area contributed by atoms with E-state index in [1.807, 2.05) is 37.3 Å². The Labute approximate surface area is 110 Å². The van der Waals surface area contributed by atoms with E-state index in [9.17, 15) is 4.79 Å². The van der Waals surface area contributed by atoms with Gasteiger partial charge < -0.3 is 10.1 Å². The lowest BCUT2D eigenvalue weighted by Crippen LogP contribution is -2.43. The highest BCUT2D eigenvalue weighted by Crippen LogP contribution is 2.13. The predicted octanol–water partition coefficient (Wildman–Crippen LogP) is 3.15. The molecule has 0 radical (unpaired) electrons. The van der Waals surface area contributed by atoms with Crippen LogP contribution < -0.4 is 10.1 Å². The first-order valence-electron chi connectivity index (χ1n) is 6.73. The number of benzene rings is 1. The van der Waals surface area contributed by atoms with Crippen molar-refractivity contribution in [2.45, 2.75) is 52.2 Å². The van der Waals surface area contributed by atoms with Crippen LogP contribution in [0.15, 0.2) is 30.3 Å². The van der Waals surface area contributed by atoms with Gasteiger partial charge in [0.2, 0.25) is 0 Å². The fraction of sp³-hybridized carbons (Fsp3) is 0.533. The van der Waals surface area contributed by atoms with E-state index in [2.05, 4.69) is 19.2 Å². The first kappa shape index (κ1) is 14.6. The molecule has 1 aromatic carbocycles. The molecule has 0 saturated carbocycles. The zero-order valence-corrected chi connectivity index (χ0v) is 11.5. The SMILES string of the molecule is CCC(CC)NC(=O)[C@H](CC)Oc1ccccc1. The van der Waals surface area contributed by atoms with Crippen molar-refractivity contribution in [3.05, 3.63) is 30.3 Å². The Morgan fingerprint density at radius 1 is 1.11 bits per heavy atom. The molecule has 18 heavy (non-hydrogen) atoms. The van der Waals surface area contributed by atoms with Crippen molar-refractivity contribution in [1.82, 2.24) is 5.32 Å². The Bertz CT molecular complexity index is 347. The first-order valence-corrected chi connectivity index (χ1v) is 6.73. The maximum absolute atomic E-state index is 12.1. The number of para-hydroxylation sites is 1. The fourth-order valence-electron chi connectivity index (χ4n) is 1.77. The minimum Gasteiger partial charge on any atom is -0.481 e. The Morgan fingerprint density at radius 3 is 2.22 bits per heavy atom. The average Bonchev–Trinajstić information content (AvgIpc) is 2.43. The van der Waals surface area contributed by atoms with Gasteiger partial charge in [-0.3, -0.25) is 4.79 Å². The van der Waals surface area contributed by atoms with E-state index in [1.165, 1.54) is 0 Å². The zero-order chi connectivity index (χ0) is 13.4. The molecule has 0 aliphatic heterocycles. The predicted molar refractivity (Wildman–Crippen MR) is 73.7 cm³/mol. The molecule has 0 saturated heterocycles. The summed E-state index contributed by atoms with van der Waals surface area (Å²) in [5.74, 6) is 0.721. The molecule has 0 unspecified atom stereocenters. The third-order valence-electron chi connectivity index (χ3n) is 3.02. The monoisotopic (exact) mass is 249 g/mol. The molecule has 0 aromatic heterocycles. The van der Waals surface area contributed by atoms with Crippen molar-refractivity contribution in [3.8, 4) is 5.75 Å². The molecule has 1 atom stereocenters. The number of hydrogen-bond acceptors (Lipinski definition) is 2. The van der Waals surface area contributed by atoms with Crippen molar-refractivity contribution in [2.24, 2.45) is 0 Å². The van der Waals surface area contributed by atoms with Gasteiger partial charge in [0.05, 0.1) is 0 Å². The van der Waals surface area contributed by atoms with E-state index >= 15 is 0 Å². The van der Waals surface area contributed by atoms with E-state index in [0.29, 0.717) is 6.42 Å². The van der Waals surface area contributed by atoms with Crippen LogP contribution in [0.3, 0.4) is 0 Å². The van der Waals surface area contributed by atoms with Gasteiger partial charge >= 0.3 is 0 Å². The average molecular weight is 249 g/mol. The van der Waals surface area contributed by atoms with Crippen LogP contribution in [0.2, 0.25) is 0 Å². The zero-order valence-electron chi connectivity index (χ0n) is 11.5. The highest BCUT2D eigenvalue weighted by atomic mass is 16.5. The van der Waals surface area contributed by atoms with E-state index in [0.717, 1.165) is 18.6 Å². The fourth-order valence-corrected chi connectivity index (χ4v) is 1.77. The summed E-state index contributed by atoms with van der Waals surface area (Å²) >= 11 is 0. The molecule has 0 fully saturated rings. The largest absolute Gasteiger partial charge is 0.481 e. The molecule has 0 aliphatic carbocycles. The van der Waals surface area contributed by atoms with E-state index in [1.54, 1.807) is 0 Å². The second kappa shape index (κ2) is 7.75. The van der Waals surface area contributed by atoms with Gasteiger partial charge in [-0.15, -0.1) is 0 Å². The molecule has 0 spiro atoms. The molecular formula is C15H23NO2. The lowest BCUT2D eigenvalue weighted by atomic mass is 10.1. The third-order valence-corrected chi connectivity index (χ3v) is 3.02. The minimum absolute atomic E-state index is 0.0185. The first-order chi connectivity index (χ1) is 8.71.